The molecule has 1 aliphatic heterocycles. The van der Waals surface area contributed by atoms with Gasteiger partial charge in [-0.2, -0.15) is 0 Å². The van der Waals surface area contributed by atoms with E-state index in [4.69, 9.17) is 4.74 Å². The summed E-state index contributed by atoms with van der Waals surface area (Å²) >= 11 is 0. The van der Waals surface area contributed by atoms with E-state index < -0.39 is 0 Å². The van der Waals surface area contributed by atoms with Crippen LogP contribution in [0.3, 0.4) is 0 Å². The molecule has 1 heterocycles. The van der Waals surface area contributed by atoms with E-state index in [1.807, 2.05) is 0 Å². The molecule has 1 aliphatic rings. The third-order valence-electron chi connectivity index (χ3n) is 3.91. The summed E-state index contributed by atoms with van der Waals surface area (Å²) in [4.78, 5) is 0. The van der Waals surface area contributed by atoms with Crippen molar-refractivity contribution >= 4 is 5.69 Å². The minimum atomic E-state index is 0.231. The van der Waals surface area contributed by atoms with Gasteiger partial charge in [-0.3, -0.25) is 0 Å². The SMILES string of the molecule is CCc1ccc(OC2CCc3ccccc3NC2)cc1. The maximum absolute atomic E-state index is 6.10. The van der Waals surface area contributed by atoms with Crippen LogP contribution in [-0.4, -0.2) is 12.6 Å². The van der Waals surface area contributed by atoms with Gasteiger partial charge in [0.1, 0.15) is 11.9 Å². The second-order valence-corrected chi connectivity index (χ2v) is 5.31. The van der Waals surface area contributed by atoms with Crippen molar-refractivity contribution < 1.29 is 4.74 Å². The van der Waals surface area contributed by atoms with Crippen molar-refractivity contribution in [1.82, 2.24) is 0 Å². The Balaban J connectivity index is 1.65. The highest BCUT2D eigenvalue weighted by Gasteiger charge is 2.16. The fraction of sp³-hybridized carbons (Fsp3) is 0.333. The van der Waals surface area contributed by atoms with Gasteiger partial charge in [0.15, 0.2) is 0 Å². The van der Waals surface area contributed by atoms with Gasteiger partial charge in [0.2, 0.25) is 0 Å². The third-order valence-corrected chi connectivity index (χ3v) is 3.91. The lowest BCUT2D eigenvalue weighted by Crippen LogP contribution is -2.24. The van der Waals surface area contributed by atoms with Crippen LogP contribution in [0.5, 0.6) is 5.75 Å². The van der Waals surface area contributed by atoms with E-state index in [0.29, 0.717) is 0 Å². The number of aryl methyl sites for hydroxylation is 2. The van der Waals surface area contributed by atoms with E-state index >= 15 is 0 Å². The van der Waals surface area contributed by atoms with Crippen LogP contribution < -0.4 is 10.1 Å². The fourth-order valence-corrected chi connectivity index (χ4v) is 2.65. The van der Waals surface area contributed by atoms with E-state index in [0.717, 1.165) is 31.6 Å². The lowest BCUT2D eigenvalue weighted by atomic mass is 10.1. The number of ether oxygens (including phenoxy) is 1. The Labute approximate surface area is 120 Å². The molecule has 0 amide bonds. The molecule has 0 aromatic heterocycles. The highest BCUT2D eigenvalue weighted by molar-refractivity contribution is 5.52. The molecule has 2 nitrogen and oxygen atoms in total. The summed E-state index contributed by atoms with van der Waals surface area (Å²) in [6, 6.07) is 17.0. The van der Waals surface area contributed by atoms with Crippen LogP contribution in [0.4, 0.5) is 5.69 Å². The van der Waals surface area contributed by atoms with Crippen molar-refractivity contribution in [3.63, 3.8) is 0 Å². The average molecular weight is 267 g/mol. The Morgan fingerprint density at radius 1 is 1.10 bits per heavy atom. The molecule has 104 valence electrons. The molecular formula is C18H21NO. The number of nitrogens with one attached hydrogen (secondary N) is 1. The summed E-state index contributed by atoms with van der Waals surface area (Å²) in [7, 11) is 0. The molecule has 1 unspecified atom stereocenters. The summed E-state index contributed by atoms with van der Waals surface area (Å²) in [5.74, 6) is 0.972. The van der Waals surface area contributed by atoms with E-state index in [-0.39, 0.29) is 6.10 Å². The lowest BCUT2D eigenvalue weighted by molar-refractivity contribution is 0.206. The predicted molar refractivity (Wildman–Crippen MR) is 83.5 cm³/mol. The van der Waals surface area contributed by atoms with Crippen molar-refractivity contribution in [3.05, 3.63) is 59.7 Å². The summed E-state index contributed by atoms with van der Waals surface area (Å²) in [6.45, 7) is 3.04. The number of benzene rings is 2. The Hall–Kier alpha value is -1.96. The monoisotopic (exact) mass is 267 g/mol. The zero-order valence-corrected chi connectivity index (χ0v) is 11.9. The summed E-state index contributed by atoms with van der Waals surface area (Å²) in [6.07, 6.45) is 3.43. The number of rotatable bonds is 3. The Bertz CT molecular complexity index is 535. The summed E-state index contributed by atoms with van der Waals surface area (Å²) < 4.78 is 6.10. The Morgan fingerprint density at radius 2 is 1.90 bits per heavy atom. The minimum Gasteiger partial charge on any atom is -0.489 e. The van der Waals surface area contributed by atoms with Gasteiger partial charge in [-0.1, -0.05) is 37.3 Å². The molecular weight excluding hydrogens is 246 g/mol. The van der Waals surface area contributed by atoms with Crippen LogP contribution in [0, 0.1) is 0 Å². The molecule has 0 fully saturated rings. The standard InChI is InChI=1S/C18H21NO/c1-2-14-7-10-16(11-8-14)20-17-12-9-15-5-3-4-6-18(15)19-13-17/h3-8,10-11,17,19H,2,9,12-13H2,1H3. The summed E-state index contributed by atoms with van der Waals surface area (Å²) in [5.41, 5.74) is 3.99. The number of para-hydroxylation sites is 1. The number of hydrogen-bond acceptors (Lipinski definition) is 2. The van der Waals surface area contributed by atoms with Gasteiger partial charge in [-0.05, 0) is 48.6 Å². The molecule has 1 atom stereocenters. The van der Waals surface area contributed by atoms with Crippen LogP contribution in [-0.2, 0) is 12.8 Å². The molecule has 0 saturated carbocycles. The van der Waals surface area contributed by atoms with E-state index in [2.05, 4.69) is 60.8 Å². The second kappa shape index (κ2) is 6.00. The number of anilines is 1. The third kappa shape index (κ3) is 2.96. The topological polar surface area (TPSA) is 21.3 Å². The molecule has 3 rings (SSSR count). The Kier molecular flexibility index (Phi) is 3.91. The van der Waals surface area contributed by atoms with Crippen molar-refractivity contribution in [2.75, 3.05) is 11.9 Å². The average Bonchev–Trinajstić information content (AvgIpc) is 2.71. The van der Waals surface area contributed by atoms with Crippen LogP contribution in [0.1, 0.15) is 24.5 Å². The van der Waals surface area contributed by atoms with Gasteiger partial charge in [-0.25, -0.2) is 0 Å². The molecule has 2 aromatic rings. The molecule has 0 radical (unpaired) electrons. The molecule has 2 aromatic carbocycles. The molecule has 0 spiro atoms. The van der Waals surface area contributed by atoms with Crippen LogP contribution in [0.15, 0.2) is 48.5 Å². The van der Waals surface area contributed by atoms with Crippen molar-refractivity contribution in [3.8, 4) is 5.75 Å². The van der Waals surface area contributed by atoms with Crippen molar-refractivity contribution in [1.29, 1.82) is 0 Å². The summed E-state index contributed by atoms with van der Waals surface area (Å²) in [5, 5.41) is 3.49. The largest absolute Gasteiger partial charge is 0.489 e. The first-order valence-corrected chi connectivity index (χ1v) is 7.42. The highest BCUT2D eigenvalue weighted by atomic mass is 16.5. The molecule has 0 bridgehead atoms. The van der Waals surface area contributed by atoms with Gasteiger partial charge in [0.25, 0.3) is 0 Å². The maximum Gasteiger partial charge on any atom is 0.119 e. The highest BCUT2D eigenvalue weighted by Crippen LogP contribution is 2.23. The smallest absolute Gasteiger partial charge is 0.119 e. The molecule has 0 aliphatic carbocycles. The minimum absolute atomic E-state index is 0.231. The number of fused-ring (bicyclic) bond motifs is 1. The molecule has 1 N–H and O–H groups in total. The van der Waals surface area contributed by atoms with Crippen molar-refractivity contribution in [2.45, 2.75) is 32.3 Å². The lowest BCUT2D eigenvalue weighted by Gasteiger charge is -2.17. The van der Waals surface area contributed by atoms with Gasteiger partial charge in [0, 0.05) is 5.69 Å². The predicted octanol–water partition coefficient (Wildman–Crippen LogP) is 4.05. The van der Waals surface area contributed by atoms with Crippen LogP contribution >= 0.6 is 0 Å². The molecule has 0 saturated heterocycles. The second-order valence-electron chi connectivity index (χ2n) is 5.31. The first kappa shape index (κ1) is 13.0. The zero-order valence-electron chi connectivity index (χ0n) is 11.9. The van der Waals surface area contributed by atoms with Crippen molar-refractivity contribution in [2.24, 2.45) is 0 Å². The van der Waals surface area contributed by atoms with E-state index in [9.17, 15) is 0 Å². The zero-order chi connectivity index (χ0) is 13.8. The quantitative estimate of drug-likeness (QED) is 0.905. The molecule has 20 heavy (non-hydrogen) atoms. The van der Waals surface area contributed by atoms with Gasteiger partial charge in [0.05, 0.1) is 6.54 Å². The van der Waals surface area contributed by atoms with Gasteiger partial charge in [-0.15, -0.1) is 0 Å². The molecule has 2 heteroatoms. The van der Waals surface area contributed by atoms with E-state index in [1.165, 1.54) is 16.8 Å². The number of hydrogen-bond donors (Lipinski definition) is 1. The normalized spacial score (nSPS) is 17.8. The first-order valence-electron chi connectivity index (χ1n) is 7.42. The van der Waals surface area contributed by atoms with Gasteiger partial charge >= 0.3 is 0 Å². The first-order chi connectivity index (χ1) is 9.85. The maximum atomic E-state index is 6.10. The van der Waals surface area contributed by atoms with Crippen LogP contribution in [0.2, 0.25) is 0 Å². The van der Waals surface area contributed by atoms with Crippen LogP contribution in [0.25, 0.3) is 0 Å². The van der Waals surface area contributed by atoms with E-state index in [1.54, 1.807) is 0 Å². The Morgan fingerprint density at radius 3 is 2.70 bits per heavy atom. The fourth-order valence-electron chi connectivity index (χ4n) is 2.65. The van der Waals surface area contributed by atoms with Gasteiger partial charge < -0.3 is 10.1 Å².